The van der Waals surface area contributed by atoms with Crippen molar-refractivity contribution in [3.8, 4) is 5.75 Å². The fourth-order valence-electron chi connectivity index (χ4n) is 6.27. The number of hydrogen-bond acceptors (Lipinski definition) is 5. The molecule has 1 N–H and O–H groups in total. The van der Waals surface area contributed by atoms with Crippen molar-refractivity contribution in [2.24, 2.45) is 5.92 Å². The van der Waals surface area contributed by atoms with Crippen LogP contribution < -0.4 is 4.74 Å². The smallest absolute Gasteiger partial charge is 0.435 e. The molecule has 2 aliphatic rings. The Balaban J connectivity index is 1.86. The molecule has 1 amide bonds. The molecule has 0 bridgehead atoms. The molecule has 2 heterocycles. The van der Waals surface area contributed by atoms with E-state index < -0.39 is 74.4 Å². The highest BCUT2D eigenvalue weighted by molar-refractivity contribution is 7.92. The van der Waals surface area contributed by atoms with E-state index >= 15 is 0 Å². The number of halogens is 7. The second-order valence-electron chi connectivity index (χ2n) is 11.0. The summed E-state index contributed by atoms with van der Waals surface area (Å²) in [4.78, 5) is 25.9. The van der Waals surface area contributed by atoms with E-state index in [1.165, 1.54) is 29.2 Å². The molecule has 2 unspecified atom stereocenters. The number of amides is 1. The van der Waals surface area contributed by atoms with Gasteiger partial charge in [-0.25, -0.2) is 12.8 Å². The minimum atomic E-state index is -6.39. The van der Waals surface area contributed by atoms with Crippen LogP contribution in [0.25, 0.3) is 0 Å². The molecule has 0 radical (unpaired) electrons. The Morgan fingerprint density at radius 3 is 2.23 bits per heavy atom. The zero-order valence-corrected chi connectivity index (χ0v) is 24.2. The van der Waals surface area contributed by atoms with Gasteiger partial charge in [-0.3, -0.25) is 9.59 Å². The lowest BCUT2D eigenvalue weighted by molar-refractivity contribution is -0.348. The van der Waals surface area contributed by atoms with E-state index in [0.717, 1.165) is 0 Å². The maximum absolute atomic E-state index is 14.9. The number of alkyl halides is 7. The number of aliphatic carboxylic acids is 1. The quantitative estimate of drug-likeness (QED) is 0.302. The van der Waals surface area contributed by atoms with Gasteiger partial charge < -0.3 is 14.7 Å². The summed E-state index contributed by atoms with van der Waals surface area (Å²) in [6, 6.07) is 6.92. The van der Waals surface area contributed by atoms with Crippen molar-refractivity contribution in [2.45, 2.75) is 79.2 Å². The third-order valence-corrected chi connectivity index (χ3v) is 10.9. The highest BCUT2D eigenvalue weighted by Crippen LogP contribution is 2.57. The Hall–Kier alpha value is -3.36. The summed E-state index contributed by atoms with van der Waals surface area (Å²) < 4.78 is 128. The van der Waals surface area contributed by atoms with Crippen LogP contribution in [0.3, 0.4) is 0 Å². The topological polar surface area (TPSA) is 101 Å². The zero-order chi connectivity index (χ0) is 32.7. The Kier molecular flexibility index (Phi) is 9.04. The number of carboxylic acid groups (broad SMARTS) is 1. The first-order valence-electron chi connectivity index (χ1n) is 13.9. The minimum Gasteiger partial charge on any atom is -0.491 e. The van der Waals surface area contributed by atoms with Crippen LogP contribution in [-0.2, 0) is 29.8 Å². The Bertz CT molecular complexity index is 1480. The van der Waals surface area contributed by atoms with Gasteiger partial charge in [0.25, 0.3) is 0 Å². The molecule has 2 aromatic rings. The Labute approximate surface area is 248 Å². The second-order valence-corrected chi connectivity index (χ2v) is 13.2. The first-order valence-corrected chi connectivity index (χ1v) is 15.3. The molecule has 15 heteroatoms. The molecule has 44 heavy (non-hydrogen) atoms. The molecule has 0 saturated carbocycles. The average Bonchev–Trinajstić information content (AvgIpc) is 3.36. The van der Waals surface area contributed by atoms with E-state index in [4.69, 9.17) is 9.84 Å². The minimum absolute atomic E-state index is 0.141. The maximum Gasteiger partial charge on any atom is 0.435 e. The molecular formula is C29H30F7NO6S. The van der Waals surface area contributed by atoms with Gasteiger partial charge in [0, 0.05) is 30.0 Å². The summed E-state index contributed by atoms with van der Waals surface area (Å²) in [6.07, 6.45) is -11.9. The SMILES string of the molecule is CCC[C@H](CCCC(=O)O)C(=O)N1CCC2(S(=O)(=O)c3ccccc3)c3ccc(C(F)(C(F)(F)F)C(F)(F)F)cc3OCC12. The molecule has 0 aromatic heterocycles. The van der Waals surface area contributed by atoms with E-state index in [1.807, 2.05) is 6.92 Å². The third-order valence-electron chi connectivity index (χ3n) is 8.40. The number of carbonyl (C=O) groups is 2. The van der Waals surface area contributed by atoms with Crippen molar-refractivity contribution in [1.29, 1.82) is 0 Å². The van der Waals surface area contributed by atoms with Crippen LogP contribution in [0, 0.1) is 5.92 Å². The van der Waals surface area contributed by atoms with Gasteiger partial charge in [0.1, 0.15) is 17.1 Å². The van der Waals surface area contributed by atoms with Gasteiger partial charge in [-0.1, -0.05) is 43.7 Å². The number of carbonyl (C=O) groups excluding carboxylic acids is 1. The van der Waals surface area contributed by atoms with Gasteiger partial charge in [0.2, 0.25) is 5.91 Å². The number of carboxylic acids is 1. The number of likely N-dealkylation sites (tertiary alicyclic amines) is 1. The van der Waals surface area contributed by atoms with Crippen molar-refractivity contribution in [1.82, 2.24) is 4.90 Å². The van der Waals surface area contributed by atoms with Gasteiger partial charge in [0.05, 0.1) is 10.9 Å². The molecule has 3 atom stereocenters. The van der Waals surface area contributed by atoms with Crippen molar-refractivity contribution in [3.05, 3.63) is 59.7 Å². The van der Waals surface area contributed by atoms with Crippen LogP contribution in [0.5, 0.6) is 5.75 Å². The monoisotopic (exact) mass is 653 g/mol. The fourth-order valence-corrected chi connectivity index (χ4v) is 8.58. The lowest BCUT2D eigenvalue weighted by atomic mass is 9.84. The molecule has 4 rings (SSSR count). The average molecular weight is 654 g/mol. The molecule has 2 aromatic carbocycles. The number of benzene rings is 2. The summed E-state index contributed by atoms with van der Waals surface area (Å²) in [5.41, 5.74) is -7.88. The standard InChI is InChI=1S/C29H30F7NO6S/c1-2-7-18(8-6-11-24(38)39)25(40)37-15-14-26(44(41,42)20-9-4-3-5-10-20)21-13-12-19(16-22(21)43-17-23(26)37)27(30,28(31,32)33)29(34,35)36/h3-5,9-10,12-13,16,18,23H,2,6-8,11,14-15,17H2,1H3,(H,38,39)/t18-,23?,26?/m1/s1. The maximum atomic E-state index is 14.9. The van der Waals surface area contributed by atoms with Crippen molar-refractivity contribution >= 4 is 21.7 Å². The normalized spacial score (nSPS) is 21.3. The van der Waals surface area contributed by atoms with Crippen LogP contribution in [0.1, 0.15) is 56.6 Å². The highest BCUT2D eigenvalue weighted by atomic mass is 32.2. The van der Waals surface area contributed by atoms with Crippen LogP contribution >= 0.6 is 0 Å². The van der Waals surface area contributed by atoms with E-state index in [2.05, 4.69) is 0 Å². The number of nitrogens with zero attached hydrogens (tertiary/aromatic N) is 1. The first-order chi connectivity index (χ1) is 20.4. The summed E-state index contributed by atoms with van der Waals surface area (Å²) in [6.45, 7) is 1.06. The van der Waals surface area contributed by atoms with Gasteiger partial charge in [0.15, 0.2) is 9.84 Å². The lowest BCUT2D eigenvalue weighted by Crippen LogP contribution is -2.56. The molecule has 1 saturated heterocycles. The third kappa shape index (κ3) is 5.40. The van der Waals surface area contributed by atoms with Crippen molar-refractivity contribution < 1.29 is 58.6 Å². The van der Waals surface area contributed by atoms with Crippen LogP contribution in [-0.4, -0.2) is 61.8 Å². The van der Waals surface area contributed by atoms with Crippen LogP contribution in [0.15, 0.2) is 53.4 Å². The first kappa shape index (κ1) is 33.5. The van der Waals surface area contributed by atoms with Gasteiger partial charge >= 0.3 is 24.0 Å². The number of hydrogen-bond donors (Lipinski definition) is 1. The van der Waals surface area contributed by atoms with E-state index in [0.29, 0.717) is 18.9 Å². The summed E-state index contributed by atoms with van der Waals surface area (Å²) >= 11 is 0. The molecular weight excluding hydrogens is 623 g/mol. The fraction of sp³-hybridized carbons (Fsp3) is 0.517. The summed E-state index contributed by atoms with van der Waals surface area (Å²) in [5.74, 6) is -2.85. The number of ether oxygens (including phenoxy) is 1. The molecule has 1 fully saturated rings. The second kappa shape index (κ2) is 11.9. The predicted molar refractivity (Wildman–Crippen MR) is 142 cm³/mol. The molecule has 7 nitrogen and oxygen atoms in total. The van der Waals surface area contributed by atoms with E-state index in [1.54, 1.807) is 6.07 Å². The Morgan fingerprint density at radius 1 is 1.02 bits per heavy atom. The predicted octanol–water partition coefficient (Wildman–Crippen LogP) is 6.31. The van der Waals surface area contributed by atoms with Gasteiger partial charge in [-0.2, -0.15) is 26.3 Å². The zero-order valence-electron chi connectivity index (χ0n) is 23.4. The number of rotatable bonds is 10. The molecule has 0 aliphatic carbocycles. The molecule has 2 aliphatic heterocycles. The van der Waals surface area contributed by atoms with Crippen molar-refractivity contribution in [3.63, 3.8) is 0 Å². The lowest BCUT2D eigenvalue weighted by Gasteiger charge is -2.43. The largest absolute Gasteiger partial charge is 0.491 e. The van der Waals surface area contributed by atoms with Gasteiger partial charge in [-0.15, -0.1) is 0 Å². The number of sulfone groups is 1. The molecule has 242 valence electrons. The number of fused-ring (bicyclic) bond motifs is 3. The van der Waals surface area contributed by atoms with E-state index in [9.17, 15) is 48.7 Å². The summed E-state index contributed by atoms with van der Waals surface area (Å²) in [7, 11) is -4.50. The van der Waals surface area contributed by atoms with Crippen LogP contribution in [0.2, 0.25) is 0 Å². The molecule has 0 spiro atoms. The van der Waals surface area contributed by atoms with Crippen molar-refractivity contribution in [2.75, 3.05) is 13.2 Å². The van der Waals surface area contributed by atoms with E-state index in [-0.39, 0.29) is 54.8 Å². The Morgan fingerprint density at radius 2 is 1.66 bits per heavy atom. The van der Waals surface area contributed by atoms with Gasteiger partial charge in [-0.05, 0) is 43.9 Å². The van der Waals surface area contributed by atoms with Crippen LogP contribution in [0.4, 0.5) is 30.7 Å². The highest BCUT2D eigenvalue weighted by Gasteiger charge is 2.74. The summed E-state index contributed by atoms with van der Waals surface area (Å²) in [5, 5.41) is 9.02.